The van der Waals surface area contributed by atoms with Crippen molar-refractivity contribution in [3.05, 3.63) is 212 Å². The molecular weight excluding hydrogens is 791 g/mol. The number of para-hydroxylation sites is 2. The van der Waals surface area contributed by atoms with Gasteiger partial charge in [0.15, 0.2) is 0 Å². The fourth-order valence-corrected chi connectivity index (χ4v) is 11.1. The summed E-state index contributed by atoms with van der Waals surface area (Å²) in [5.74, 6) is 0. The average Bonchev–Trinajstić information content (AvgIpc) is 3.94. The van der Waals surface area contributed by atoms with Crippen LogP contribution in [0.15, 0.2) is 200 Å². The molecule has 4 aromatic heterocycles. The highest BCUT2D eigenvalue weighted by Gasteiger charge is 2.39. The number of hydrogen-bond donors (Lipinski definition) is 0. The van der Waals surface area contributed by atoms with Gasteiger partial charge >= 0.3 is 0 Å². The van der Waals surface area contributed by atoms with Crippen LogP contribution < -0.4 is 0 Å². The van der Waals surface area contributed by atoms with E-state index in [-0.39, 0.29) is 5.41 Å². The van der Waals surface area contributed by atoms with Crippen LogP contribution in [0.25, 0.3) is 121 Å². The summed E-state index contributed by atoms with van der Waals surface area (Å²) < 4.78 is 4.80. The van der Waals surface area contributed by atoms with Crippen LogP contribution in [0.4, 0.5) is 0 Å². The minimum Gasteiger partial charge on any atom is -0.309 e. The largest absolute Gasteiger partial charge is 0.309 e. The van der Waals surface area contributed by atoms with Crippen molar-refractivity contribution in [3.8, 4) is 45.1 Å². The molecule has 0 N–H and O–H groups in total. The maximum Gasteiger partial charge on any atom is 0.0980 e. The Morgan fingerprint density at radius 3 is 1.75 bits per heavy atom. The number of aromatic nitrogens is 5. The maximum atomic E-state index is 5.83. The SMILES string of the molecule is CC1(C)c2ccccc2-c2nc(-c3ccc(-n4c5cc6ccccc6cc5c5cc6ccccc6cc54)c4ncccc34)c(-c3cccc4c3c3ccccc3n4-c3ccccc3)nc21. The van der Waals surface area contributed by atoms with Crippen molar-refractivity contribution in [3.63, 3.8) is 0 Å². The van der Waals surface area contributed by atoms with Gasteiger partial charge in [0.2, 0.25) is 0 Å². The molecule has 0 fully saturated rings. The van der Waals surface area contributed by atoms with Crippen molar-refractivity contribution in [2.45, 2.75) is 19.3 Å². The van der Waals surface area contributed by atoms with E-state index in [0.717, 1.165) is 89.2 Å². The number of benzene rings is 9. The molecular formula is C60H39N5. The number of rotatable bonds is 4. The number of nitrogens with zero attached hydrogens (tertiary/aromatic N) is 5. The van der Waals surface area contributed by atoms with E-state index < -0.39 is 0 Å². The van der Waals surface area contributed by atoms with Gasteiger partial charge in [0, 0.05) is 60.9 Å². The van der Waals surface area contributed by atoms with Gasteiger partial charge in [0.25, 0.3) is 0 Å². The Bertz CT molecular complexity index is 4060. The molecule has 304 valence electrons. The molecule has 1 aliphatic rings. The Kier molecular flexibility index (Phi) is 7.39. The zero-order valence-electron chi connectivity index (χ0n) is 35.8. The molecule has 14 rings (SSSR count). The lowest BCUT2D eigenvalue weighted by Crippen LogP contribution is -2.17. The Balaban J connectivity index is 1.09. The Morgan fingerprint density at radius 2 is 1.00 bits per heavy atom. The quantitative estimate of drug-likeness (QED) is 0.178. The van der Waals surface area contributed by atoms with Gasteiger partial charge in [0.1, 0.15) is 0 Å². The third-order valence-corrected chi connectivity index (χ3v) is 14.1. The van der Waals surface area contributed by atoms with E-state index in [1.165, 1.54) is 43.3 Å². The second-order valence-electron chi connectivity index (χ2n) is 18.0. The predicted molar refractivity (Wildman–Crippen MR) is 269 cm³/mol. The highest BCUT2D eigenvalue weighted by molar-refractivity contribution is 6.19. The molecule has 0 bridgehead atoms. The van der Waals surface area contributed by atoms with Crippen molar-refractivity contribution in [2.24, 2.45) is 0 Å². The van der Waals surface area contributed by atoms with Crippen molar-refractivity contribution in [2.75, 3.05) is 0 Å². The first-order valence-electron chi connectivity index (χ1n) is 22.4. The van der Waals surface area contributed by atoms with E-state index in [1.54, 1.807) is 0 Å². The third kappa shape index (κ3) is 5.06. The van der Waals surface area contributed by atoms with E-state index in [2.05, 4.69) is 217 Å². The molecule has 5 nitrogen and oxygen atoms in total. The molecule has 9 aromatic carbocycles. The minimum absolute atomic E-state index is 0.351. The summed E-state index contributed by atoms with van der Waals surface area (Å²) in [5.41, 5.74) is 15.3. The number of fused-ring (bicyclic) bond motifs is 12. The molecule has 0 saturated carbocycles. The summed E-state index contributed by atoms with van der Waals surface area (Å²) in [6, 6.07) is 70.2. The number of hydrogen-bond acceptors (Lipinski definition) is 3. The summed E-state index contributed by atoms with van der Waals surface area (Å²) in [6.45, 7) is 4.56. The molecule has 0 radical (unpaired) electrons. The van der Waals surface area contributed by atoms with Crippen LogP contribution >= 0.6 is 0 Å². The van der Waals surface area contributed by atoms with Gasteiger partial charge in [-0.25, -0.2) is 9.97 Å². The second kappa shape index (κ2) is 13.3. The molecule has 0 amide bonds. The summed E-state index contributed by atoms with van der Waals surface area (Å²) in [6.07, 6.45) is 1.92. The van der Waals surface area contributed by atoms with Gasteiger partial charge in [0.05, 0.1) is 56.0 Å². The predicted octanol–water partition coefficient (Wildman–Crippen LogP) is 15.2. The summed E-state index contributed by atoms with van der Waals surface area (Å²) in [7, 11) is 0. The van der Waals surface area contributed by atoms with E-state index >= 15 is 0 Å². The third-order valence-electron chi connectivity index (χ3n) is 14.1. The topological polar surface area (TPSA) is 48.5 Å². The van der Waals surface area contributed by atoms with E-state index in [0.29, 0.717) is 0 Å². The number of pyridine rings is 1. The monoisotopic (exact) mass is 829 g/mol. The van der Waals surface area contributed by atoms with Gasteiger partial charge in [-0.1, -0.05) is 141 Å². The van der Waals surface area contributed by atoms with Crippen LogP contribution in [-0.2, 0) is 5.41 Å². The average molecular weight is 830 g/mol. The van der Waals surface area contributed by atoms with Gasteiger partial charge in [-0.2, -0.15) is 0 Å². The van der Waals surface area contributed by atoms with Gasteiger partial charge < -0.3 is 9.13 Å². The molecule has 13 aromatic rings. The van der Waals surface area contributed by atoms with Crippen LogP contribution in [0.2, 0.25) is 0 Å². The highest BCUT2D eigenvalue weighted by Crippen LogP contribution is 2.51. The van der Waals surface area contributed by atoms with Gasteiger partial charge in [-0.15, -0.1) is 0 Å². The summed E-state index contributed by atoms with van der Waals surface area (Å²) in [4.78, 5) is 16.9. The fraction of sp³-hybridized carbons (Fsp3) is 0.0500. The molecule has 0 spiro atoms. The van der Waals surface area contributed by atoms with Crippen molar-refractivity contribution in [1.29, 1.82) is 0 Å². The Morgan fingerprint density at radius 1 is 0.400 bits per heavy atom. The van der Waals surface area contributed by atoms with Crippen LogP contribution in [0.3, 0.4) is 0 Å². The minimum atomic E-state index is -0.351. The van der Waals surface area contributed by atoms with Crippen LogP contribution in [0.1, 0.15) is 25.1 Å². The van der Waals surface area contributed by atoms with Gasteiger partial charge in [-0.3, -0.25) is 4.98 Å². The van der Waals surface area contributed by atoms with Gasteiger partial charge in [-0.05, 0) is 93.8 Å². The van der Waals surface area contributed by atoms with Crippen molar-refractivity contribution >= 4 is 76.1 Å². The normalized spacial score (nSPS) is 13.2. The molecule has 5 heteroatoms. The first kappa shape index (κ1) is 36.1. The molecule has 0 unspecified atom stereocenters. The van der Waals surface area contributed by atoms with Crippen LogP contribution in [-0.4, -0.2) is 24.1 Å². The van der Waals surface area contributed by atoms with E-state index in [9.17, 15) is 0 Å². The maximum absolute atomic E-state index is 5.83. The van der Waals surface area contributed by atoms with Crippen LogP contribution in [0.5, 0.6) is 0 Å². The first-order chi connectivity index (χ1) is 32.0. The molecule has 1 aliphatic carbocycles. The molecule has 65 heavy (non-hydrogen) atoms. The fourth-order valence-electron chi connectivity index (χ4n) is 11.1. The Labute approximate surface area is 374 Å². The molecule has 0 aliphatic heterocycles. The van der Waals surface area contributed by atoms with E-state index in [1.807, 2.05) is 6.20 Å². The molecule has 4 heterocycles. The van der Waals surface area contributed by atoms with E-state index in [4.69, 9.17) is 15.0 Å². The first-order valence-corrected chi connectivity index (χ1v) is 22.4. The molecule has 0 atom stereocenters. The standard InChI is InChI=1S/C60H39N5/c1-60(2)48-26-12-10-22-43(48)58-59(60)63-57(45-24-14-28-50-54(45)44-23-11-13-27-49(44)64(50)40-20-4-3-5-21-40)56(62-58)42-29-30-51(55-41(42)25-15-31-61-55)65-52-34-38-18-8-6-16-36(38)32-46(52)47-33-37-17-7-9-19-39(37)35-53(47)65/h3-35H,1-2H3. The Hall–Kier alpha value is -8.41. The lowest BCUT2D eigenvalue weighted by atomic mass is 9.85. The van der Waals surface area contributed by atoms with Crippen LogP contribution in [0, 0.1) is 0 Å². The highest BCUT2D eigenvalue weighted by atomic mass is 15.0. The zero-order chi connectivity index (χ0) is 43.0. The summed E-state index contributed by atoms with van der Waals surface area (Å²) in [5, 5.41) is 10.6. The lowest BCUT2D eigenvalue weighted by Gasteiger charge is -2.22. The van der Waals surface area contributed by atoms with Crippen molar-refractivity contribution < 1.29 is 0 Å². The summed E-state index contributed by atoms with van der Waals surface area (Å²) >= 11 is 0. The van der Waals surface area contributed by atoms with Crippen molar-refractivity contribution in [1.82, 2.24) is 24.1 Å². The lowest BCUT2D eigenvalue weighted by molar-refractivity contribution is 0.636. The smallest absolute Gasteiger partial charge is 0.0980 e. The zero-order valence-corrected chi connectivity index (χ0v) is 35.8. The molecule has 0 saturated heterocycles. The second-order valence-corrected chi connectivity index (χ2v) is 18.0.